The molecule has 0 unspecified atom stereocenters. The fourth-order valence-electron chi connectivity index (χ4n) is 1.23. The highest BCUT2D eigenvalue weighted by Crippen LogP contribution is 2.20. The van der Waals surface area contributed by atoms with Gasteiger partial charge in [-0.3, -0.25) is 0 Å². The van der Waals surface area contributed by atoms with Crippen LogP contribution in [0.15, 0.2) is 18.2 Å². The number of halogens is 3. The maximum absolute atomic E-state index is 6.02. The minimum absolute atomic E-state index is 0.672. The van der Waals surface area contributed by atoms with E-state index in [2.05, 4.69) is 5.32 Å². The van der Waals surface area contributed by atoms with E-state index in [0.29, 0.717) is 10.0 Å². The van der Waals surface area contributed by atoms with Crippen LogP contribution in [-0.4, -0.2) is 12.4 Å². The van der Waals surface area contributed by atoms with Crippen LogP contribution in [0.3, 0.4) is 0 Å². The summed E-state index contributed by atoms with van der Waals surface area (Å²) >= 11 is 17.4. The molecular weight excluding hydrogens is 252 g/mol. The van der Waals surface area contributed by atoms with Gasteiger partial charge >= 0.3 is 0 Å². The number of benzene rings is 1. The summed E-state index contributed by atoms with van der Waals surface area (Å²) in [5.41, 5.74) is 1.08. The zero-order chi connectivity index (χ0) is 11.1. The fraction of sp³-hybridized carbons (Fsp3) is 0.455. The van der Waals surface area contributed by atoms with Crippen LogP contribution in [0, 0.1) is 0 Å². The summed E-state index contributed by atoms with van der Waals surface area (Å²) in [7, 11) is 0. The smallest absolute Gasteiger partial charge is 0.0465 e. The number of hydrogen-bond acceptors (Lipinski definition) is 1. The molecular formula is C11H14Cl3N. The molecule has 0 bridgehead atoms. The van der Waals surface area contributed by atoms with Gasteiger partial charge in [-0.05, 0) is 37.1 Å². The monoisotopic (exact) mass is 265 g/mol. The van der Waals surface area contributed by atoms with Gasteiger partial charge in [0, 0.05) is 22.5 Å². The summed E-state index contributed by atoms with van der Waals surface area (Å²) in [5.74, 6) is 0.726. The zero-order valence-electron chi connectivity index (χ0n) is 8.40. The van der Waals surface area contributed by atoms with E-state index in [-0.39, 0.29) is 0 Å². The molecule has 84 valence electrons. The molecule has 1 N–H and O–H groups in total. The molecule has 1 nitrogen and oxygen atoms in total. The normalized spacial score (nSPS) is 10.6. The maximum Gasteiger partial charge on any atom is 0.0465 e. The Labute approximate surface area is 106 Å². The maximum atomic E-state index is 6.02. The molecule has 0 amide bonds. The fourth-order valence-corrected chi connectivity index (χ4v) is 1.90. The predicted octanol–water partition coefficient (Wildman–Crippen LogP) is 4.10. The van der Waals surface area contributed by atoms with Crippen LogP contribution in [0.25, 0.3) is 0 Å². The topological polar surface area (TPSA) is 12.0 Å². The summed E-state index contributed by atoms with van der Waals surface area (Å²) in [6, 6.07) is 5.56. The van der Waals surface area contributed by atoms with E-state index in [4.69, 9.17) is 34.8 Å². The van der Waals surface area contributed by atoms with Gasteiger partial charge in [0.15, 0.2) is 0 Å². The second-order valence-electron chi connectivity index (χ2n) is 3.31. The Hall–Kier alpha value is 0.0500. The summed E-state index contributed by atoms with van der Waals surface area (Å²) in [4.78, 5) is 0. The lowest BCUT2D eigenvalue weighted by Gasteiger charge is -2.06. The standard InChI is InChI=1S/C11H14Cl3N/c12-5-1-2-6-15-8-9-3-4-10(13)7-11(9)14/h3-4,7,15H,1-2,5-6,8H2. The van der Waals surface area contributed by atoms with Gasteiger partial charge in [0.05, 0.1) is 0 Å². The van der Waals surface area contributed by atoms with Crippen LogP contribution in [0.4, 0.5) is 0 Å². The largest absolute Gasteiger partial charge is 0.313 e. The van der Waals surface area contributed by atoms with E-state index < -0.39 is 0 Å². The Balaban J connectivity index is 2.31. The van der Waals surface area contributed by atoms with Gasteiger partial charge < -0.3 is 5.32 Å². The Morgan fingerprint density at radius 1 is 1.13 bits per heavy atom. The summed E-state index contributed by atoms with van der Waals surface area (Å²) < 4.78 is 0. The number of nitrogens with one attached hydrogen (secondary N) is 1. The lowest BCUT2D eigenvalue weighted by atomic mass is 10.2. The Bertz CT molecular complexity index is 302. The molecule has 0 saturated carbocycles. The van der Waals surface area contributed by atoms with E-state index in [1.54, 1.807) is 6.07 Å². The van der Waals surface area contributed by atoms with Crippen molar-refractivity contribution in [2.45, 2.75) is 19.4 Å². The molecule has 0 heterocycles. The molecule has 0 aliphatic carbocycles. The van der Waals surface area contributed by atoms with Crippen LogP contribution < -0.4 is 5.32 Å². The van der Waals surface area contributed by atoms with Gasteiger partial charge in [0.25, 0.3) is 0 Å². The number of alkyl halides is 1. The van der Waals surface area contributed by atoms with Crippen LogP contribution >= 0.6 is 34.8 Å². The second kappa shape index (κ2) is 7.34. The second-order valence-corrected chi connectivity index (χ2v) is 4.53. The minimum Gasteiger partial charge on any atom is -0.313 e. The van der Waals surface area contributed by atoms with Gasteiger partial charge in [-0.15, -0.1) is 11.6 Å². The summed E-state index contributed by atoms with van der Waals surface area (Å²) in [6.07, 6.45) is 2.14. The highest BCUT2D eigenvalue weighted by atomic mass is 35.5. The Kier molecular flexibility index (Phi) is 6.42. The lowest BCUT2D eigenvalue weighted by Crippen LogP contribution is -2.14. The molecule has 1 rings (SSSR count). The van der Waals surface area contributed by atoms with Crippen molar-refractivity contribution in [2.24, 2.45) is 0 Å². The molecule has 1 aromatic carbocycles. The van der Waals surface area contributed by atoms with Gasteiger partial charge in [0.1, 0.15) is 0 Å². The van der Waals surface area contributed by atoms with E-state index in [1.165, 1.54) is 0 Å². The van der Waals surface area contributed by atoms with E-state index >= 15 is 0 Å². The van der Waals surface area contributed by atoms with Gasteiger partial charge in [-0.1, -0.05) is 29.3 Å². The van der Waals surface area contributed by atoms with Crippen molar-refractivity contribution in [3.63, 3.8) is 0 Å². The average Bonchev–Trinajstić information content (AvgIpc) is 2.20. The van der Waals surface area contributed by atoms with Crippen molar-refractivity contribution >= 4 is 34.8 Å². The Morgan fingerprint density at radius 3 is 2.60 bits per heavy atom. The van der Waals surface area contributed by atoms with Crippen molar-refractivity contribution in [1.29, 1.82) is 0 Å². The van der Waals surface area contributed by atoms with Crippen LogP contribution in [0.1, 0.15) is 18.4 Å². The van der Waals surface area contributed by atoms with Crippen molar-refractivity contribution < 1.29 is 0 Å². The minimum atomic E-state index is 0.672. The summed E-state index contributed by atoms with van der Waals surface area (Å²) in [6.45, 7) is 1.74. The molecule has 0 aliphatic rings. The van der Waals surface area contributed by atoms with Crippen LogP contribution in [-0.2, 0) is 6.54 Å². The average molecular weight is 267 g/mol. The van der Waals surface area contributed by atoms with E-state index in [1.807, 2.05) is 12.1 Å². The number of rotatable bonds is 6. The van der Waals surface area contributed by atoms with E-state index in [9.17, 15) is 0 Å². The number of unbranched alkanes of at least 4 members (excludes halogenated alkanes) is 1. The first kappa shape index (κ1) is 13.1. The molecule has 0 aliphatic heterocycles. The van der Waals surface area contributed by atoms with Crippen LogP contribution in [0.5, 0.6) is 0 Å². The molecule has 15 heavy (non-hydrogen) atoms. The molecule has 0 fully saturated rings. The summed E-state index contributed by atoms with van der Waals surface area (Å²) in [5, 5.41) is 4.70. The first-order chi connectivity index (χ1) is 7.24. The van der Waals surface area contributed by atoms with Crippen LogP contribution in [0.2, 0.25) is 10.0 Å². The van der Waals surface area contributed by atoms with Crippen molar-refractivity contribution in [2.75, 3.05) is 12.4 Å². The Morgan fingerprint density at radius 2 is 1.93 bits per heavy atom. The third kappa shape index (κ3) is 5.07. The molecule has 0 atom stereocenters. The third-order valence-corrected chi connectivity index (χ3v) is 2.92. The molecule has 0 aromatic heterocycles. The van der Waals surface area contributed by atoms with Gasteiger partial charge in [0.2, 0.25) is 0 Å². The molecule has 0 spiro atoms. The van der Waals surface area contributed by atoms with Crippen molar-refractivity contribution in [3.8, 4) is 0 Å². The lowest BCUT2D eigenvalue weighted by molar-refractivity contribution is 0.643. The van der Waals surface area contributed by atoms with E-state index in [0.717, 1.165) is 37.4 Å². The predicted molar refractivity (Wildman–Crippen MR) is 68.1 cm³/mol. The first-order valence-electron chi connectivity index (χ1n) is 4.94. The highest BCUT2D eigenvalue weighted by molar-refractivity contribution is 6.35. The molecule has 4 heteroatoms. The zero-order valence-corrected chi connectivity index (χ0v) is 10.7. The third-order valence-electron chi connectivity index (χ3n) is 2.07. The van der Waals surface area contributed by atoms with Gasteiger partial charge in [-0.2, -0.15) is 0 Å². The highest BCUT2D eigenvalue weighted by Gasteiger charge is 2.00. The SMILES string of the molecule is ClCCCCNCc1ccc(Cl)cc1Cl. The molecule has 0 radical (unpaired) electrons. The number of hydrogen-bond donors (Lipinski definition) is 1. The first-order valence-corrected chi connectivity index (χ1v) is 6.23. The molecule has 1 aromatic rings. The molecule has 0 saturated heterocycles. The quantitative estimate of drug-likeness (QED) is 0.604. The van der Waals surface area contributed by atoms with Gasteiger partial charge in [-0.25, -0.2) is 0 Å². The van der Waals surface area contributed by atoms with Crippen molar-refractivity contribution in [3.05, 3.63) is 33.8 Å². The van der Waals surface area contributed by atoms with Crippen molar-refractivity contribution in [1.82, 2.24) is 5.32 Å².